The van der Waals surface area contributed by atoms with Crippen LogP contribution in [0, 0.1) is 5.92 Å². The molecule has 1 aliphatic rings. The van der Waals surface area contributed by atoms with Crippen LogP contribution in [-0.4, -0.2) is 11.6 Å². The summed E-state index contributed by atoms with van der Waals surface area (Å²) in [7, 11) is 0. The van der Waals surface area contributed by atoms with E-state index in [-0.39, 0.29) is 11.6 Å². The second-order valence-electron chi connectivity index (χ2n) is 3.39. The molecule has 0 saturated carbocycles. The molecule has 10 heavy (non-hydrogen) atoms. The SMILES string of the molecule is CC[C@H]1CC(=O)OC1(C)C. The highest BCUT2D eigenvalue weighted by molar-refractivity contribution is 5.72. The zero-order valence-electron chi connectivity index (χ0n) is 6.81. The fourth-order valence-corrected chi connectivity index (χ4v) is 1.50. The van der Waals surface area contributed by atoms with Crippen LogP contribution in [0.1, 0.15) is 33.6 Å². The summed E-state index contributed by atoms with van der Waals surface area (Å²) in [5.41, 5.74) is -0.216. The molecule has 0 unspecified atom stereocenters. The van der Waals surface area contributed by atoms with Gasteiger partial charge in [-0.15, -0.1) is 0 Å². The first-order chi connectivity index (χ1) is 4.56. The molecule has 0 aromatic rings. The van der Waals surface area contributed by atoms with Crippen LogP contribution < -0.4 is 0 Å². The lowest BCUT2D eigenvalue weighted by Crippen LogP contribution is -2.26. The van der Waals surface area contributed by atoms with Crippen molar-refractivity contribution in [3.8, 4) is 0 Å². The number of hydrogen-bond donors (Lipinski definition) is 0. The van der Waals surface area contributed by atoms with Gasteiger partial charge in [0.1, 0.15) is 5.60 Å². The topological polar surface area (TPSA) is 26.3 Å². The van der Waals surface area contributed by atoms with Gasteiger partial charge in [0, 0.05) is 5.92 Å². The maximum Gasteiger partial charge on any atom is 0.306 e. The van der Waals surface area contributed by atoms with E-state index >= 15 is 0 Å². The summed E-state index contributed by atoms with van der Waals surface area (Å²) >= 11 is 0. The molecule has 0 N–H and O–H groups in total. The minimum absolute atomic E-state index is 0.0446. The zero-order valence-corrected chi connectivity index (χ0v) is 6.81. The number of carbonyl (C=O) groups excluding carboxylic acids is 1. The van der Waals surface area contributed by atoms with Crippen LogP contribution in [-0.2, 0) is 9.53 Å². The number of ether oxygens (including phenoxy) is 1. The summed E-state index contributed by atoms with van der Waals surface area (Å²) in [6, 6.07) is 0. The number of rotatable bonds is 1. The second-order valence-corrected chi connectivity index (χ2v) is 3.39. The van der Waals surface area contributed by atoms with Crippen LogP contribution in [0.15, 0.2) is 0 Å². The lowest BCUT2D eigenvalue weighted by atomic mass is 9.89. The van der Waals surface area contributed by atoms with E-state index in [0.717, 1.165) is 6.42 Å². The molecule has 0 aromatic carbocycles. The third-order valence-corrected chi connectivity index (χ3v) is 2.27. The Labute approximate surface area is 61.6 Å². The average molecular weight is 142 g/mol. The molecule has 1 aliphatic heterocycles. The van der Waals surface area contributed by atoms with Crippen molar-refractivity contribution in [3.05, 3.63) is 0 Å². The zero-order chi connectivity index (χ0) is 7.78. The summed E-state index contributed by atoms with van der Waals surface area (Å²) in [5.74, 6) is 0.372. The maximum atomic E-state index is 10.8. The molecular weight excluding hydrogens is 128 g/mol. The van der Waals surface area contributed by atoms with Gasteiger partial charge in [0.25, 0.3) is 0 Å². The first kappa shape index (κ1) is 7.58. The van der Waals surface area contributed by atoms with Gasteiger partial charge in [0.15, 0.2) is 0 Å². The Morgan fingerprint density at radius 2 is 2.30 bits per heavy atom. The lowest BCUT2D eigenvalue weighted by Gasteiger charge is -2.22. The number of esters is 1. The van der Waals surface area contributed by atoms with E-state index in [2.05, 4.69) is 6.92 Å². The first-order valence-corrected chi connectivity index (χ1v) is 3.78. The van der Waals surface area contributed by atoms with Gasteiger partial charge < -0.3 is 4.74 Å². The molecule has 1 heterocycles. The molecule has 0 aliphatic carbocycles. The largest absolute Gasteiger partial charge is 0.459 e. The predicted molar refractivity (Wildman–Crippen MR) is 38.6 cm³/mol. The van der Waals surface area contributed by atoms with E-state index in [9.17, 15) is 4.79 Å². The Kier molecular flexibility index (Phi) is 1.71. The molecule has 1 fully saturated rings. The normalized spacial score (nSPS) is 30.3. The highest BCUT2D eigenvalue weighted by atomic mass is 16.6. The molecule has 1 atom stereocenters. The van der Waals surface area contributed by atoms with Crippen molar-refractivity contribution in [2.24, 2.45) is 5.92 Å². The predicted octanol–water partition coefficient (Wildman–Crippen LogP) is 1.74. The van der Waals surface area contributed by atoms with E-state index in [1.54, 1.807) is 0 Å². The van der Waals surface area contributed by atoms with E-state index in [1.807, 2.05) is 13.8 Å². The fraction of sp³-hybridized carbons (Fsp3) is 0.875. The first-order valence-electron chi connectivity index (χ1n) is 3.78. The van der Waals surface area contributed by atoms with Gasteiger partial charge in [0.2, 0.25) is 0 Å². The van der Waals surface area contributed by atoms with Gasteiger partial charge in [-0.25, -0.2) is 0 Å². The van der Waals surface area contributed by atoms with Crippen molar-refractivity contribution in [3.63, 3.8) is 0 Å². The molecule has 58 valence electrons. The van der Waals surface area contributed by atoms with Crippen LogP contribution >= 0.6 is 0 Å². The minimum atomic E-state index is -0.216. The summed E-state index contributed by atoms with van der Waals surface area (Å²) in [6.45, 7) is 6.05. The lowest BCUT2D eigenvalue weighted by molar-refractivity contribution is -0.146. The quantitative estimate of drug-likeness (QED) is 0.521. The molecule has 0 amide bonds. The number of carbonyl (C=O) groups is 1. The van der Waals surface area contributed by atoms with Gasteiger partial charge in [-0.3, -0.25) is 4.79 Å². The Bertz CT molecular complexity index is 149. The van der Waals surface area contributed by atoms with Gasteiger partial charge in [-0.1, -0.05) is 6.92 Å². The summed E-state index contributed by atoms with van der Waals surface area (Å²) in [4.78, 5) is 10.8. The van der Waals surface area contributed by atoms with E-state index in [1.165, 1.54) is 0 Å². The van der Waals surface area contributed by atoms with E-state index < -0.39 is 0 Å². The molecule has 1 saturated heterocycles. The second kappa shape index (κ2) is 2.26. The highest BCUT2D eigenvalue weighted by Crippen LogP contribution is 2.34. The monoisotopic (exact) mass is 142 g/mol. The summed E-state index contributed by atoms with van der Waals surface area (Å²) in [6.07, 6.45) is 1.63. The fourth-order valence-electron chi connectivity index (χ4n) is 1.50. The molecule has 0 aromatic heterocycles. The van der Waals surface area contributed by atoms with E-state index in [0.29, 0.717) is 12.3 Å². The smallest absolute Gasteiger partial charge is 0.306 e. The molecule has 1 rings (SSSR count). The summed E-state index contributed by atoms with van der Waals surface area (Å²) in [5, 5.41) is 0. The van der Waals surface area contributed by atoms with Gasteiger partial charge in [-0.05, 0) is 20.3 Å². The average Bonchev–Trinajstić information content (AvgIpc) is 2.04. The van der Waals surface area contributed by atoms with Gasteiger partial charge in [-0.2, -0.15) is 0 Å². The van der Waals surface area contributed by atoms with Crippen molar-refractivity contribution in [2.45, 2.75) is 39.2 Å². The van der Waals surface area contributed by atoms with Crippen LogP contribution in [0.4, 0.5) is 0 Å². The molecule has 0 spiro atoms. The van der Waals surface area contributed by atoms with Crippen molar-refractivity contribution < 1.29 is 9.53 Å². The number of hydrogen-bond acceptors (Lipinski definition) is 2. The van der Waals surface area contributed by atoms with Crippen molar-refractivity contribution in [1.29, 1.82) is 0 Å². The van der Waals surface area contributed by atoms with Crippen molar-refractivity contribution >= 4 is 5.97 Å². The Morgan fingerprint density at radius 3 is 2.50 bits per heavy atom. The third-order valence-electron chi connectivity index (χ3n) is 2.27. The Balaban J connectivity index is 2.67. The Morgan fingerprint density at radius 1 is 1.70 bits per heavy atom. The molecule has 0 radical (unpaired) electrons. The number of cyclic esters (lactones) is 1. The Hall–Kier alpha value is -0.530. The molecular formula is C8H14O2. The van der Waals surface area contributed by atoms with Crippen molar-refractivity contribution in [1.82, 2.24) is 0 Å². The molecule has 2 heteroatoms. The highest BCUT2D eigenvalue weighted by Gasteiger charge is 2.40. The van der Waals surface area contributed by atoms with Gasteiger partial charge >= 0.3 is 5.97 Å². The van der Waals surface area contributed by atoms with Crippen LogP contribution in [0.5, 0.6) is 0 Å². The summed E-state index contributed by atoms with van der Waals surface area (Å²) < 4.78 is 5.11. The minimum Gasteiger partial charge on any atom is -0.459 e. The molecule has 0 bridgehead atoms. The van der Waals surface area contributed by atoms with Gasteiger partial charge in [0.05, 0.1) is 6.42 Å². The van der Waals surface area contributed by atoms with Crippen LogP contribution in [0.2, 0.25) is 0 Å². The standard InChI is InChI=1S/C8H14O2/c1-4-6-5-7(9)10-8(6,2)3/h6H,4-5H2,1-3H3/t6-/m0/s1. The molecule has 2 nitrogen and oxygen atoms in total. The third kappa shape index (κ3) is 1.15. The van der Waals surface area contributed by atoms with E-state index in [4.69, 9.17) is 4.74 Å². The maximum absolute atomic E-state index is 10.8. The van der Waals surface area contributed by atoms with Crippen LogP contribution in [0.25, 0.3) is 0 Å². The van der Waals surface area contributed by atoms with Crippen molar-refractivity contribution in [2.75, 3.05) is 0 Å². The van der Waals surface area contributed by atoms with Crippen LogP contribution in [0.3, 0.4) is 0 Å².